The van der Waals surface area contributed by atoms with Crippen LogP contribution in [0.25, 0.3) is 0 Å². The molecule has 38 heavy (non-hydrogen) atoms. The van der Waals surface area contributed by atoms with Crippen molar-refractivity contribution in [3.05, 3.63) is 40.7 Å². The molecule has 3 N–H and O–H groups in total. The number of nitrogens with zero attached hydrogens (tertiary/aromatic N) is 3. The topological polar surface area (TPSA) is 144 Å². The number of rotatable bonds is 8. The van der Waals surface area contributed by atoms with Gasteiger partial charge in [-0.1, -0.05) is 31.5 Å². The fourth-order valence-electron chi connectivity index (χ4n) is 4.70. The molecular weight excluding hydrogens is 538 g/mol. The summed E-state index contributed by atoms with van der Waals surface area (Å²) in [6.45, 7) is 6.72. The maximum absolute atomic E-state index is 11.7. The van der Waals surface area contributed by atoms with Crippen LogP contribution in [0.3, 0.4) is 0 Å². The maximum atomic E-state index is 11.7. The molecule has 11 nitrogen and oxygen atoms in total. The number of carboxylic acid groups (broad SMARTS) is 1. The van der Waals surface area contributed by atoms with Gasteiger partial charge in [-0.05, 0) is 43.4 Å². The van der Waals surface area contributed by atoms with Crippen molar-refractivity contribution in [3.63, 3.8) is 0 Å². The molecule has 4 rings (SSSR count). The summed E-state index contributed by atoms with van der Waals surface area (Å²) in [6.07, 6.45) is 2.81. The maximum Gasteiger partial charge on any atom is 0.407 e. The van der Waals surface area contributed by atoms with E-state index in [1.54, 1.807) is 19.1 Å². The number of piperidine rings is 1. The SMILES string of the molecule is Cc1c(Oc2ccc(CC3COS(O)(O)OC3)cc2Cl)ncnc1OC1CCN(C(=O)O)C(CC(C)C)C1. The second-order valence-electron chi connectivity index (χ2n) is 10.1. The molecule has 2 aliphatic rings. The Balaban J connectivity index is 1.40. The van der Waals surface area contributed by atoms with Gasteiger partial charge < -0.3 is 19.5 Å². The van der Waals surface area contributed by atoms with Gasteiger partial charge in [0.25, 0.3) is 0 Å². The fraction of sp³-hybridized carbons (Fsp3) is 0.560. The second kappa shape index (κ2) is 12.2. The van der Waals surface area contributed by atoms with Gasteiger partial charge in [0.15, 0.2) is 0 Å². The number of likely N-dealkylation sites (tertiary alicyclic amines) is 1. The van der Waals surface area contributed by atoms with Gasteiger partial charge in [0.2, 0.25) is 22.9 Å². The summed E-state index contributed by atoms with van der Waals surface area (Å²) in [5, 5.41) is 9.96. The molecule has 0 aliphatic carbocycles. The van der Waals surface area contributed by atoms with Gasteiger partial charge in [-0.2, -0.15) is 0 Å². The Labute approximate surface area is 228 Å². The van der Waals surface area contributed by atoms with Crippen LogP contribution in [-0.4, -0.2) is 67.1 Å². The molecule has 0 radical (unpaired) electrons. The van der Waals surface area contributed by atoms with Crippen LogP contribution >= 0.6 is 22.8 Å². The van der Waals surface area contributed by atoms with E-state index in [0.717, 1.165) is 12.0 Å². The normalized spacial score (nSPS) is 22.8. The van der Waals surface area contributed by atoms with E-state index in [0.29, 0.717) is 59.8 Å². The Bertz CT molecular complexity index is 1130. The highest BCUT2D eigenvalue weighted by molar-refractivity contribution is 8.16. The summed E-state index contributed by atoms with van der Waals surface area (Å²) in [5.41, 5.74) is 1.54. The summed E-state index contributed by atoms with van der Waals surface area (Å²) in [5.74, 6) is 1.45. The zero-order chi connectivity index (χ0) is 27.4. The van der Waals surface area contributed by atoms with Crippen LogP contribution in [0.2, 0.25) is 5.02 Å². The van der Waals surface area contributed by atoms with E-state index in [1.807, 2.05) is 6.07 Å². The molecule has 2 fully saturated rings. The summed E-state index contributed by atoms with van der Waals surface area (Å²) >= 11 is 3.11. The first-order chi connectivity index (χ1) is 18.0. The molecule has 2 atom stereocenters. The van der Waals surface area contributed by atoms with Gasteiger partial charge in [-0.3, -0.25) is 17.5 Å². The zero-order valence-electron chi connectivity index (χ0n) is 21.6. The molecule has 0 saturated carbocycles. The van der Waals surface area contributed by atoms with E-state index in [-0.39, 0.29) is 31.3 Å². The van der Waals surface area contributed by atoms with E-state index >= 15 is 0 Å². The van der Waals surface area contributed by atoms with Crippen molar-refractivity contribution < 1.29 is 36.8 Å². The van der Waals surface area contributed by atoms with Crippen LogP contribution in [0.5, 0.6) is 17.5 Å². The minimum absolute atomic E-state index is 0.0379. The molecule has 13 heteroatoms. The van der Waals surface area contributed by atoms with E-state index in [2.05, 4.69) is 23.8 Å². The standard InChI is InChI=1S/C25H34ClN3O8S/c1-15(2)8-19-11-20(6-7-29(19)25(30)31)36-23-16(3)24(28-14-27-23)37-22-5-4-17(10-21(22)26)9-18-12-34-38(32,33)35-13-18/h4-5,10,14-15,18-20,32-33H,6-9,11-13H2,1-3H3,(H,30,31). The molecule has 210 valence electrons. The molecular formula is C25H34ClN3O8S. The number of amides is 1. The second-order valence-corrected chi connectivity index (χ2v) is 11.9. The zero-order valence-corrected chi connectivity index (χ0v) is 23.2. The molecule has 1 aromatic heterocycles. The third-order valence-electron chi connectivity index (χ3n) is 6.57. The van der Waals surface area contributed by atoms with Crippen molar-refractivity contribution >= 4 is 28.8 Å². The van der Waals surface area contributed by atoms with Crippen LogP contribution in [0.15, 0.2) is 24.5 Å². The number of ether oxygens (including phenoxy) is 2. The number of hydrogen-bond acceptors (Lipinski definition) is 9. The fourth-order valence-corrected chi connectivity index (χ4v) is 5.75. The van der Waals surface area contributed by atoms with Gasteiger partial charge in [0, 0.05) is 31.3 Å². The first-order valence-electron chi connectivity index (χ1n) is 12.5. The average Bonchev–Trinajstić information content (AvgIpc) is 2.84. The molecule has 1 aromatic carbocycles. The van der Waals surface area contributed by atoms with E-state index < -0.39 is 17.2 Å². The molecule has 3 heterocycles. The highest BCUT2D eigenvalue weighted by Gasteiger charge is 2.33. The van der Waals surface area contributed by atoms with Crippen LogP contribution in [-0.2, 0) is 14.8 Å². The smallest absolute Gasteiger partial charge is 0.407 e. The van der Waals surface area contributed by atoms with Crippen LogP contribution < -0.4 is 9.47 Å². The molecule has 2 saturated heterocycles. The van der Waals surface area contributed by atoms with Gasteiger partial charge in [0.1, 0.15) is 18.2 Å². The van der Waals surface area contributed by atoms with Gasteiger partial charge in [-0.15, -0.1) is 0 Å². The van der Waals surface area contributed by atoms with Crippen LogP contribution in [0.1, 0.15) is 44.2 Å². The number of carbonyl (C=O) groups is 1. The minimum atomic E-state index is -3.38. The Hall–Kier alpha value is -2.35. The van der Waals surface area contributed by atoms with Crippen molar-refractivity contribution in [2.45, 2.75) is 58.6 Å². The van der Waals surface area contributed by atoms with Crippen molar-refractivity contribution in [1.82, 2.24) is 14.9 Å². The Morgan fingerprint density at radius 2 is 1.95 bits per heavy atom. The van der Waals surface area contributed by atoms with Crippen molar-refractivity contribution in [2.24, 2.45) is 11.8 Å². The molecule has 0 spiro atoms. The minimum Gasteiger partial charge on any atom is -0.474 e. The predicted octanol–water partition coefficient (Wildman–Crippen LogP) is 5.95. The van der Waals surface area contributed by atoms with E-state index in [4.69, 9.17) is 29.4 Å². The Morgan fingerprint density at radius 1 is 1.24 bits per heavy atom. The lowest BCUT2D eigenvalue weighted by Crippen LogP contribution is -2.48. The summed E-state index contributed by atoms with van der Waals surface area (Å²) in [7, 11) is 0. The summed E-state index contributed by atoms with van der Waals surface area (Å²) in [6, 6.07) is 5.29. The van der Waals surface area contributed by atoms with Gasteiger partial charge in [-0.25, -0.2) is 14.8 Å². The first-order valence-corrected chi connectivity index (χ1v) is 14.3. The largest absolute Gasteiger partial charge is 0.474 e. The number of benzene rings is 1. The lowest BCUT2D eigenvalue weighted by atomic mass is 9.92. The first kappa shape index (κ1) is 28.7. The van der Waals surface area contributed by atoms with Crippen LogP contribution in [0, 0.1) is 18.8 Å². The molecule has 1 amide bonds. The number of halogens is 1. The number of hydrogen-bond donors (Lipinski definition) is 3. The van der Waals surface area contributed by atoms with E-state index in [1.165, 1.54) is 11.2 Å². The molecule has 0 bridgehead atoms. The monoisotopic (exact) mass is 571 g/mol. The van der Waals surface area contributed by atoms with E-state index in [9.17, 15) is 19.0 Å². The summed E-state index contributed by atoms with van der Waals surface area (Å²) < 4.78 is 40.9. The lowest BCUT2D eigenvalue weighted by molar-refractivity contribution is 0.0449. The molecule has 2 aliphatic heterocycles. The quantitative estimate of drug-likeness (QED) is 0.347. The van der Waals surface area contributed by atoms with Crippen molar-refractivity contribution in [3.8, 4) is 17.5 Å². The highest BCUT2D eigenvalue weighted by Crippen LogP contribution is 2.45. The third-order valence-corrected chi connectivity index (χ3v) is 7.75. The van der Waals surface area contributed by atoms with Crippen molar-refractivity contribution in [2.75, 3.05) is 19.8 Å². The molecule has 2 unspecified atom stereocenters. The van der Waals surface area contributed by atoms with Crippen molar-refractivity contribution in [1.29, 1.82) is 0 Å². The predicted molar refractivity (Wildman–Crippen MR) is 142 cm³/mol. The third kappa shape index (κ3) is 7.39. The lowest BCUT2D eigenvalue weighted by Gasteiger charge is -2.38. The average molecular weight is 572 g/mol. The van der Waals surface area contributed by atoms with Gasteiger partial charge >= 0.3 is 6.09 Å². The summed E-state index contributed by atoms with van der Waals surface area (Å²) in [4.78, 5) is 21.7. The molecule has 2 aromatic rings. The van der Waals surface area contributed by atoms with Gasteiger partial charge in [0.05, 0.1) is 23.8 Å². The highest BCUT2D eigenvalue weighted by atomic mass is 35.5. The Morgan fingerprint density at radius 3 is 2.61 bits per heavy atom. The number of aromatic nitrogens is 2. The van der Waals surface area contributed by atoms with Crippen LogP contribution in [0.4, 0.5) is 4.79 Å². The Kier molecular flexibility index (Phi) is 9.22.